The van der Waals surface area contributed by atoms with Gasteiger partial charge in [-0.15, -0.1) is 10.2 Å². The zero-order valence-corrected chi connectivity index (χ0v) is 25.8. The van der Waals surface area contributed by atoms with E-state index in [0.29, 0.717) is 11.6 Å². The van der Waals surface area contributed by atoms with Crippen molar-refractivity contribution in [3.63, 3.8) is 0 Å². The van der Waals surface area contributed by atoms with Gasteiger partial charge in [0.05, 0.1) is 11.4 Å². The number of allylic oxidation sites excluding steroid dienone is 4. The van der Waals surface area contributed by atoms with Crippen LogP contribution in [0.5, 0.6) is 0 Å². The average Bonchev–Trinajstić information content (AvgIpc) is 3.13. The Morgan fingerprint density at radius 3 is 1.09 bits per heavy atom. The molecule has 6 rings (SSSR count). The van der Waals surface area contributed by atoms with E-state index in [9.17, 15) is 0 Å². The molecule has 2 N–H and O–H groups in total. The van der Waals surface area contributed by atoms with Gasteiger partial charge in [-0.05, 0) is 48.3 Å². The molecule has 0 aliphatic rings. The SMILES string of the molecule is C/C(=C/C(=N/Nc1nnc(N/N=C(/C=C(\C)c2ccccc2)c2ccccc2)c2ccccc12)c1ccccc1)c1ccccc1. The Labute approximate surface area is 269 Å². The van der Waals surface area contributed by atoms with E-state index in [4.69, 9.17) is 10.2 Å². The molecule has 0 saturated carbocycles. The number of fused-ring (bicyclic) bond motifs is 1. The normalized spacial score (nSPS) is 12.7. The molecule has 0 unspecified atom stereocenters. The third kappa shape index (κ3) is 7.31. The highest BCUT2D eigenvalue weighted by molar-refractivity contribution is 6.13. The molecule has 5 aromatic carbocycles. The zero-order chi connectivity index (χ0) is 31.6. The van der Waals surface area contributed by atoms with Crippen LogP contribution in [-0.4, -0.2) is 21.6 Å². The van der Waals surface area contributed by atoms with E-state index in [-0.39, 0.29) is 0 Å². The predicted octanol–water partition coefficient (Wildman–Crippen LogP) is 9.47. The summed E-state index contributed by atoms with van der Waals surface area (Å²) in [4.78, 5) is 0. The first-order valence-electron chi connectivity index (χ1n) is 15.2. The largest absolute Gasteiger partial charge is 0.259 e. The topological polar surface area (TPSA) is 74.6 Å². The maximum absolute atomic E-state index is 4.82. The van der Waals surface area contributed by atoms with Gasteiger partial charge in [0.25, 0.3) is 0 Å². The van der Waals surface area contributed by atoms with Gasteiger partial charge >= 0.3 is 0 Å². The van der Waals surface area contributed by atoms with E-state index in [1.165, 1.54) is 0 Å². The molecular weight excluding hydrogens is 564 g/mol. The van der Waals surface area contributed by atoms with Crippen molar-refractivity contribution >= 4 is 45.0 Å². The summed E-state index contributed by atoms with van der Waals surface area (Å²) in [5, 5.41) is 20.4. The van der Waals surface area contributed by atoms with Gasteiger partial charge in [-0.2, -0.15) is 10.2 Å². The Morgan fingerprint density at radius 1 is 0.435 bits per heavy atom. The minimum absolute atomic E-state index is 0.549. The Kier molecular flexibility index (Phi) is 9.46. The second-order valence-corrected chi connectivity index (χ2v) is 10.8. The van der Waals surface area contributed by atoms with Gasteiger partial charge in [-0.3, -0.25) is 10.9 Å². The maximum Gasteiger partial charge on any atom is 0.176 e. The molecule has 0 fully saturated rings. The van der Waals surface area contributed by atoms with Crippen molar-refractivity contribution in [3.05, 3.63) is 180 Å². The van der Waals surface area contributed by atoms with Gasteiger partial charge in [-0.25, -0.2) is 0 Å². The predicted molar refractivity (Wildman–Crippen MR) is 193 cm³/mol. The van der Waals surface area contributed by atoms with Crippen LogP contribution in [0.2, 0.25) is 0 Å². The first-order valence-corrected chi connectivity index (χ1v) is 15.2. The fourth-order valence-corrected chi connectivity index (χ4v) is 5.05. The molecule has 6 nitrogen and oxygen atoms in total. The summed E-state index contributed by atoms with van der Waals surface area (Å²) in [6.07, 6.45) is 4.15. The van der Waals surface area contributed by atoms with Crippen LogP contribution in [0.15, 0.2) is 168 Å². The molecule has 0 atom stereocenters. The van der Waals surface area contributed by atoms with Crippen molar-refractivity contribution < 1.29 is 0 Å². The van der Waals surface area contributed by atoms with Gasteiger partial charge in [0.15, 0.2) is 11.6 Å². The van der Waals surface area contributed by atoms with E-state index in [2.05, 4.69) is 71.3 Å². The summed E-state index contributed by atoms with van der Waals surface area (Å²) >= 11 is 0. The van der Waals surface area contributed by atoms with Crippen molar-refractivity contribution in [2.45, 2.75) is 13.8 Å². The zero-order valence-electron chi connectivity index (χ0n) is 25.8. The summed E-state index contributed by atoms with van der Waals surface area (Å²) in [5.41, 5.74) is 14.4. The van der Waals surface area contributed by atoms with Crippen LogP contribution in [0, 0.1) is 0 Å². The molecule has 0 bridgehead atoms. The van der Waals surface area contributed by atoms with Gasteiger partial charge in [0.2, 0.25) is 0 Å². The molecule has 0 aliphatic heterocycles. The smallest absolute Gasteiger partial charge is 0.176 e. The quantitative estimate of drug-likeness (QED) is 0.122. The van der Waals surface area contributed by atoms with Gasteiger partial charge in [0, 0.05) is 21.9 Å². The molecule has 1 aromatic heterocycles. The summed E-state index contributed by atoms with van der Waals surface area (Å²) in [7, 11) is 0. The van der Waals surface area contributed by atoms with Gasteiger partial charge in [0.1, 0.15) is 0 Å². The Hall–Kier alpha value is -6.14. The lowest BCUT2D eigenvalue weighted by molar-refractivity contribution is 1.03. The summed E-state index contributed by atoms with van der Waals surface area (Å²) in [5.74, 6) is 1.10. The first-order chi connectivity index (χ1) is 22.7. The molecule has 6 heteroatoms. The van der Waals surface area contributed by atoms with Crippen LogP contribution in [-0.2, 0) is 0 Å². The summed E-state index contributed by atoms with van der Waals surface area (Å²) < 4.78 is 0. The van der Waals surface area contributed by atoms with E-state index in [1.807, 2.05) is 121 Å². The molecule has 6 aromatic rings. The molecule has 0 radical (unpaired) electrons. The molecule has 1 heterocycles. The average molecular weight is 599 g/mol. The number of aromatic nitrogens is 2. The fourth-order valence-electron chi connectivity index (χ4n) is 5.05. The number of hydrogen-bond donors (Lipinski definition) is 2. The van der Waals surface area contributed by atoms with E-state index in [0.717, 1.165) is 55.6 Å². The summed E-state index contributed by atoms with van der Waals surface area (Å²) in [6.45, 7) is 4.18. The van der Waals surface area contributed by atoms with Crippen LogP contribution < -0.4 is 10.9 Å². The second-order valence-electron chi connectivity index (χ2n) is 10.8. The monoisotopic (exact) mass is 598 g/mol. The molecule has 0 amide bonds. The lowest BCUT2D eigenvalue weighted by Gasteiger charge is -2.11. The number of nitrogens with zero attached hydrogens (tertiary/aromatic N) is 4. The number of benzene rings is 5. The molecule has 224 valence electrons. The lowest BCUT2D eigenvalue weighted by atomic mass is 10.0. The number of hydrogen-bond acceptors (Lipinski definition) is 6. The van der Waals surface area contributed by atoms with E-state index < -0.39 is 0 Å². The van der Waals surface area contributed by atoms with Crippen molar-refractivity contribution in [2.24, 2.45) is 10.2 Å². The number of rotatable bonds is 10. The van der Waals surface area contributed by atoms with Crippen molar-refractivity contribution in [1.82, 2.24) is 10.2 Å². The molecule has 0 spiro atoms. The highest BCUT2D eigenvalue weighted by Gasteiger charge is 2.11. The maximum atomic E-state index is 4.82. The minimum atomic E-state index is 0.549. The minimum Gasteiger partial charge on any atom is -0.259 e. The number of anilines is 2. The Bertz CT molecular complexity index is 1880. The highest BCUT2D eigenvalue weighted by atomic mass is 15.4. The number of hydrazone groups is 2. The van der Waals surface area contributed by atoms with Crippen LogP contribution in [0.1, 0.15) is 36.1 Å². The van der Waals surface area contributed by atoms with Crippen LogP contribution in [0.3, 0.4) is 0 Å². The van der Waals surface area contributed by atoms with Crippen LogP contribution in [0.4, 0.5) is 11.6 Å². The lowest BCUT2D eigenvalue weighted by Crippen LogP contribution is -2.07. The van der Waals surface area contributed by atoms with Gasteiger partial charge in [-0.1, -0.05) is 146 Å². The fraction of sp³-hybridized carbons (Fsp3) is 0.0500. The number of nitrogens with one attached hydrogen (secondary N) is 2. The molecule has 0 aliphatic carbocycles. The van der Waals surface area contributed by atoms with Crippen LogP contribution >= 0.6 is 0 Å². The first kappa shape index (κ1) is 29.9. The second kappa shape index (κ2) is 14.6. The third-order valence-corrected chi connectivity index (χ3v) is 7.56. The standard InChI is InChI=1S/C40H34N6/c1-29(31-17-7-3-8-18-31)27-37(33-21-11-5-12-22-33)41-43-39-35-25-15-16-26-36(35)40(46-45-39)44-42-38(34-23-13-6-14-24-34)28-30(2)32-19-9-4-10-20-32/h3-28H,1-2H3,(H,43,45)(H,44,46)/b29-27-,30-28+,41-37-,42-38-. The highest BCUT2D eigenvalue weighted by Crippen LogP contribution is 2.27. The summed E-state index contributed by atoms with van der Waals surface area (Å²) in [6, 6.07) is 48.7. The van der Waals surface area contributed by atoms with Gasteiger partial charge < -0.3 is 0 Å². The van der Waals surface area contributed by atoms with E-state index in [1.54, 1.807) is 0 Å². The molecule has 0 saturated heterocycles. The molecule has 46 heavy (non-hydrogen) atoms. The Morgan fingerprint density at radius 2 is 0.739 bits per heavy atom. The van der Waals surface area contributed by atoms with Crippen LogP contribution in [0.25, 0.3) is 21.9 Å². The Balaban J connectivity index is 1.34. The third-order valence-electron chi connectivity index (χ3n) is 7.56. The van der Waals surface area contributed by atoms with Crippen molar-refractivity contribution in [2.75, 3.05) is 10.9 Å². The molecular formula is C40H34N6. The van der Waals surface area contributed by atoms with Crippen molar-refractivity contribution in [1.29, 1.82) is 0 Å². The van der Waals surface area contributed by atoms with E-state index >= 15 is 0 Å². The van der Waals surface area contributed by atoms with Crippen molar-refractivity contribution in [3.8, 4) is 0 Å².